The molecule has 0 atom stereocenters. The number of halogens is 1. The standard InChI is InChI=1S/C23H22ClN3O4S/c1-30-21(28)15-26-20(22(29)27(23(26)32)19-8-4-17(24)5-9-19)14-16-2-6-18(7-3-16)25-10-12-31-13-11-25/h2-9,14H,10-13,15H2,1H3. The highest BCUT2D eigenvalue weighted by molar-refractivity contribution is 7.80. The van der Waals surface area contributed by atoms with Gasteiger partial charge in [0.2, 0.25) is 0 Å². The smallest absolute Gasteiger partial charge is 0.325 e. The minimum atomic E-state index is -0.494. The van der Waals surface area contributed by atoms with Crippen molar-refractivity contribution in [1.82, 2.24) is 4.90 Å². The Kier molecular flexibility index (Phi) is 6.74. The summed E-state index contributed by atoms with van der Waals surface area (Å²) >= 11 is 11.5. The van der Waals surface area contributed by atoms with Crippen LogP contribution in [0.25, 0.3) is 6.08 Å². The molecule has 2 aromatic carbocycles. The lowest BCUT2D eigenvalue weighted by Gasteiger charge is -2.28. The van der Waals surface area contributed by atoms with Crippen LogP contribution in [0.4, 0.5) is 11.4 Å². The summed E-state index contributed by atoms with van der Waals surface area (Å²) in [7, 11) is 1.30. The van der Waals surface area contributed by atoms with Gasteiger partial charge in [-0.3, -0.25) is 14.5 Å². The number of nitrogens with zero attached hydrogens (tertiary/aromatic N) is 3. The van der Waals surface area contributed by atoms with E-state index in [1.54, 1.807) is 30.3 Å². The van der Waals surface area contributed by atoms with Gasteiger partial charge in [0, 0.05) is 23.8 Å². The maximum absolute atomic E-state index is 13.3. The molecule has 2 aliphatic heterocycles. The molecule has 2 saturated heterocycles. The van der Waals surface area contributed by atoms with E-state index in [9.17, 15) is 9.59 Å². The summed E-state index contributed by atoms with van der Waals surface area (Å²) in [5, 5.41) is 0.757. The monoisotopic (exact) mass is 471 g/mol. The fourth-order valence-corrected chi connectivity index (χ4v) is 4.08. The van der Waals surface area contributed by atoms with Gasteiger partial charge in [-0.15, -0.1) is 0 Å². The minimum Gasteiger partial charge on any atom is -0.468 e. The number of amides is 1. The average molecular weight is 472 g/mol. The molecule has 166 valence electrons. The molecule has 7 nitrogen and oxygen atoms in total. The second-order valence-corrected chi connectivity index (χ2v) is 8.08. The van der Waals surface area contributed by atoms with Gasteiger partial charge in [-0.2, -0.15) is 0 Å². The quantitative estimate of drug-likeness (QED) is 0.376. The molecule has 2 aromatic rings. The van der Waals surface area contributed by atoms with Crippen molar-refractivity contribution >= 4 is 58.3 Å². The largest absolute Gasteiger partial charge is 0.468 e. The fourth-order valence-electron chi connectivity index (χ4n) is 3.61. The highest BCUT2D eigenvalue weighted by Crippen LogP contribution is 2.30. The van der Waals surface area contributed by atoms with Crippen LogP contribution in [0.5, 0.6) is 0 Å². The molecule has 0 bridgehead atoms. The number of benzene rings is 2. The Morgan fingerprint density at radius 3 is 2.34 bits per heavy atom. The molecule has 32 heavy (non-hydrogen) atoms. The Morgan fingerprint density at radius 1 is 1.09 bits per heavy atom. The minimum absolute atomic E-state index is 0.164. The number of ether oxygens (including phenoxy) is 2. The predicted octanol–water partition coefficient (Wildman–Crippen LogP) is 3.32. The van der Waals surface area contributed by atoms with E-state index >= 15 is 0 Å². The van der Waals surface area contributed by atoms with Gasteiger partial charge in [0.15, 0.2) is 5.11 Å². The van der Waals surface area contributed by atoms with Gasteiger partial charge in [0.1, 0.15) is 12.2 Å². The summed E-state index contributed by atoms with van der Waals surface area (Å²) in [6.07, 6.45) is 1.73. The first-order valence-electron chi connectivity index (χ1n) is 10.1. The molecule has 0 aromatic heterocycles. The van der Waals surface area contributed by atoms with E-state index in [4.69, 9.17) is 33.3 Å². The first-order chi connectivity index (χ1) is 15.5. The zero-order chi connectivity index (χ0) is 22.7. The number of morpholine rings is 1. The number of hydrogen-bond acceptors (Lipinski definition) is 6. The summed E-state index contributed by atoms with van der Waals surface area (Å²) in [5.41, 5.74) is 2.79. The molecule has 1 amide bonds. The van der Waals surface area contributed by atoms with Gasteiger partial charge >= 0.3 is 5.97 Å². The number of carbonyl (C=O) groups is 2. The van der Waals surface area contributed by atoms with Crippen LogP contribution < -0.4 is 9.80 Å². The van der Waals surface area contributed by atoms with Crippen molar-refractivity contribution in [2.45, 2.75) is 0 Å². The number of thiocarbonyl (C=S) groups is 1. The lowest BCUT2D eigenvalue weighted by Crippen LogP contribution is -2.36. The van der Waals surface area contributed by atoms with Gasteiger partial charge in [-0.1, -0.05) is 23.7 Å². The Morgan fingerprint density at radius 2 is 1.72 bits per heavy atom. The maximum atomic E-state index is 13.3. The molecule has 0 radical (unpaired) electrons. The topological polar surface area (TPSA) is 62.3 Å². The molecule has 0 saturated carbocycles. The maximum Gasteiger partial charge on any atom is 0.325 e. The van der Waals surface area contributed by atoms with Gasteiger partial charge in [-0.05, 0) is 60.3 Å². The van der Waals surface area contributed by atoms with Crippen molar-refractivity contribution in [2.24, 2.45) is 0 Å². The molecule has 9 heteroatoms. The van der Waals surface area contributed by atoms with E-state index in [0.717, 1.165) is 24.3 Å². The van der Waals surface area contributed by atoms with E-state index < -0.39 is 5.97 Å². The molecular formula is C23H22ClN3O4S. The third kappa shape index (κ3) is 4.62. The summed E-state index contributed by atoms with van der Waals surface area (Å²) in [6.45, 7) is 2.94. The highest BCUT2D eigenvalue weighted by atomic mass is 35.5. The number of esters is 1. The summed E-state index contributed by atoms with van der Waals surface area (Å²) in [4.78, 5) is 30.5. The van der Waals surface area contributed by atoms with Crippen molar-refractivity contribution in [3.05, 3.63) is 64.8 Å². The summed E-state index contributed by atoms with van der Waals surface area (Å²) < 4.78 is 10.2. The lowest BCUT2D eigenvalue weighted by molar-refractivity contribution is -0.140. The van der Waals surface area contributed by atoms with E-state index in [1.165, 1.54) is 16.9 Å². The van der Waals surface area contributed by atoms with Gasteiger partial charge in [-0.25, -0.2) is 0 Å². The number of hydrogen-bond donors (Lipinski definition) is 0. The third-order valence-corrected chi connectivity index (χ3v) is 5.96. The zero-order valence-corrected chi connectivity index (χ0v) is 19.1. The lowest BCUT2D eigenvalue weighted by atomic mass is 10.1. The second-order valence-electron chi connectivity index (χ2n) is 7.28. The van der Waals surface area contributed by atoms with E-state index in [0.29, 0.717) is 29.6 Å². The van der Waals surface area contributed by atoms with Gasteiger partial charge in [0.25, 0.3) is 5.91 Å². The molecule has 0 N–H and O–H groups in total. The Balaban J connectivity index is 1.65. The van der Waals surface area contributed by atoms with Crippen molar-refractivity contribution in [3.8, 4) is 0 Å². The Bertz CT molecular complexity index is 1050. The number of anilines is 2. The summed E-state index contributed by atoms with van der Waals surface area (Å²) in [6, 6.07) is 14.7. The zero-order valence-electron chi connectivity index (χ0n) is 17.5. The predicted molar refractivity (Wildman–Crippen MR) is 128 cm³/mol. The molecule has 2 fully saturated rings. The van der Waals surface area contributed by atoms with Crippen LogP contribution >= 0.6 is 23.8 Å². The van der Waals surface area contributed by atoms with Crippen LogP contribution in [-0.4, -0.2) is 61.8 Å². The molecule has 4 rings (SSSR count). The van der Waals surface area contributed by atoms with E-state index in [2.05, 4.69) is 4.90 Å². The van der Waals surface area contributed by atoms with E-state index in [1.807, 2.05) is 24.3 Å². The van der Waals surface area contributed by atoms with Crippen LogP contribution in [-0.2, 0) is 19.1 Å². The van der Waals surface area contributed by atoms with Crippen molar-refractivity contribution in [1.29, 1.82) is 0 Å². The summed E-state index contributed by atoms with van der Waals surface area (Å²) in [5.74, 6) is -0.815. The average Bonchev–Trinajstić information content (AvgIpc) is 3.04. The van der Waals surface area contributed by atoms with Crippen LogP contribution in [0.3, 0.4) is 0 Å². The number of methoxy groups -OCH3 is 1. The van der Waals surface area contributed by atoms with Gasteiger partial charge < -0.3 is 19.3 Å². The molecule has 2 heterocycles. The first kappa shape index (κ1) is 22.3. The molecular weight excluding hydrogens is 450 g/mol. The van der Waals surface area contributed by atoms with Crippen molar-refractivity contribution in [2.75, 3.05) is 49.8 Å². The second kappa shape index (κ2) is 9.68. The Hall–Kier alpha value is -2.94. The molecule has 0 spiro atoms. The van der Waals surface area contributed by atoms with Crippen molar-refractivity contribution < 1.29 is 19.1 Å². The fraction of sp³-hybridized carbons (Fsp3) is 0.261. The highest BCUT2D eigenvalue weighted by Gasteiger charge is 2.40. The molecule has 0 unspecified atom stereocenters. The van der Waals surface area contributed by atoms with E-state index in [-0.39, 0.29) is 17.6 Å². The van der Waals surface area contributed by atoms with Gasteiger partial charge in [0.05, 0.1) is 26.0 Å². The van der Waals surface area contributed by atoms with Crippen LogP contribution in [0.2, 0.25) is 5.02 Å². The van der Waals surface area contributed by atoms with Crippen LogP contribution in [0.15, 0.2) is 54.2 Å². The Labute approximate surface area is 196 Å². The molecule has 0 aliphatic carbocycles. The van der Waals surface area contributed by atoms with Crippen LogP contribution in [0, 0.1) is 0 Å². The first-order valence-corrected chi connectivity index (χ1v) is 10.9. The number of rotatable bonds is 5. The third-order valence-electron chi connectivity index (χ3n) is 5.31. The van der Waals surface area contributed by atoms with Crippen LogP contribution in [0.1, 0.15) is 5.56 Å². The molecule has 2 aliphatic rings. The number of carbonyl (C=O) groups excluding carboxylic acids is 2. The normalized spacial score (nSPS) is 17.9. The SMILES string of the molecule is COC(=O)CN1C(=S)N(c2ccc(Cl)cc2)C(=O)C1=Cc1ccc(N2CCOCC2)cc1. The van der Waals surface area contributed by atoms with Crippen molar-refractivity contribution in [3.63, 3.8) is 0 Å².